The fourth-order valence-corrected chi connectivity index (χ4v) is 2.77. The minimum Gasteiger partial charge on any atom is -0.385 e. The Balaban J connectivity index is 2.01. The second-order valence-electron chi connectivity index (χ2n) is 5.18. The van der Waals surface area contributed by atoms with Gasteiger partial charge < -0.3 is 9.67 Å². The number of nitrogens with zero attached hydrogens (tertiary/aromatic N) is 2. The van der Waals surface area contributed by atoms with Crippen LogP contribution in [-0.2, 0) is 6.54 Å². The topological polar surface area (TPSA) is 38.0 Å². The molecule has 3 nitrogen and oxygen atoms in total. The van der Waals surface area contributed by atoms with E-state index in [2.05, 4.69) is 16.5 Å². The molecule has 0 radical (unpaired) electrons. The number of rotatable bonds is 5. The summed E-state index contributed by atoms with van der Waals surface area (Å²) in [6.45, 7) is 3.17. The summed E-state index contributed by atoms with van der Waals surface area (Å²) in [5.41, 5.74) is 0. The lowest BCUT2D eigenvalue weighted by Gasteiger charge is -2.26. The SMILES string of the molecule is CCCCn1ccnc1C(O)C1CCCCC1. The Hall–Kier alpha value is -0.830. The molecule has 1 heterocycles. The molecule has 1 aliphatic rings. The van der Waals surface area contributed by atoms with Gasteiger partial charge in [-0.1, -0.05) is 32.6 Å². The van der Waals surface area contributed by atoms with E-state index in [0.29, 0.717) is 5.92 Å². The lowest BCUT2D eigenvalue weighted by Crippen LogP contribution is -2.19. The van der Waals surface area contributed by atoms with Crippen molar-refractivity contribution in [1.29, 1.82) is 0 Å². The molecule has 1 aliphatic carbocycles. The maximum absolute atomic E-state index is 10.4. The number of hydrogen-bond donors (Lipinski definition) is 1. The minimum absolute atomic E-state index is 0.359. The summed E-state index contributed by atoms with van der Waals surface area (Å²) < 4.78 is 2.13. The lowest BCUT2D eigenvalue weighted by atomic mass is 9.85. The zero-order valence-corrected chi connectivity index (χ0v) is 10.8. The first-order chi connectivity index (χ1) is 8.33. The Morgan fingerprint density at radius 2 is 2.18 bits per heavy atom. The second-order valence-corrected chi connectivity index (χ2v) is 5.18. The Morgan fingerprint density at radius 1 is 1.41 bits per heavy atom. The van der Waals surface area contributed by atoms with Gasteiger partial charge in [0.15, 0.2) is 0 Å². The number of hydrogen-bond acceptors (Lipinski definition) is 2. The predicted molar refractivity (Wildman–Crippen MR) is 68.7 cm³/mol. The Bertz CT molecular complexity index is 329. The number of unbranched alkanes of at least 4 members (excludes halogenated alkanes) is 1. The molecule has 0 aliphatic heterocycles. The van der Waals surface area contributed by atoms with Crippen molar-refractivity contribution < 1.29 is 5.11 Å². The summed E-state index contributed by atoms with van der Waals surface area (Å²) in [6.07, 6.45) is 11.9. The van der Waals surface area contributed by atoms with Crippen molar-refractivity contribution in [3.8, 4) is 0 Å². The third kappa shape index (κ3) is 3.09. The summed E-state index contributed by atoms with van der Waals surface area (Å²) >= 11 is 0. The van der Waals surface area contributed by atoms with Gasteiger partial charge in [-0.05, 0) is 25.2 Å². The van der Waals surface area contributed by atoms with E-state index in [4.69, 9.17) is 0 Å². The van der Waals surface area contributed by atoms with Crippen molar-refractivity contribution in [3.63, 3.8) is 0 Å². The molecule has 96 valence electrons. The summed E-state index contributed by atoms with van der Waals surface area (Å²) in [7, 11) is 0. The maximum Gasteiger partial charge on any atom is 0.137 e. The van der Waals surface area contributed by atoms with Crippen LogP contribution in [0.1, 0.15) is 63.8 Å². The van der Waals surface area contributed by atoms with Crippen LogP contribution < -0.4 is 0 Å². The summed E-state index contributed by atoms with van der Waals surface area (Å²) in [4.78, 5) is 4.36. The van der Waals surface area contributed by atoms with E-state index in [9.17, 15) is 5.11 Å². The predicted octanol–water partition coefficient (Wildman–Crippen LogP) is 3.30. The molecule has 1 saturated carbocycles. The Kier molecular flexibility index (Phi) is 4.60. The smallest absolute Gasteiger partial charge is 0.137 e. The second kappa shape index (κ2) is 6.20. The molecule has 0 bridgehead atoms. The molecule has 1 atom stereocenters. The minimum atomic E-state index is -0.359. The highest BCUT2D eigenvalue weighted by Crippen LogP contribution is 2.33. The van der Waals surface area contributed by atoms with Crippen molar-refractivity contribution in [2.75, 3.05) is 0 Å². The van der Waals surface area contributed by atoms with Gasteiger partial charge in [0, 0.05) is 18.9 Å². The van der Waals surface area contributed by atoms with Gasteiger partial charge in [0.2, 0.25) is 0 Å². The Morgan fingerprint density at radius 3 is 2.88 bits per heavy atom. The molecule has 1 fully saturated rings. The number of aryl methyl sites for hydroxylation is 1. The van der Waals surface area contributed by atoms with E-state index in [1.54, 1.807) is 0 Å². The first-order valence-corrected chi connectivity index (χ1v) is 7.02. The molecule has 1 unspecified atom stereocenters. The van der Waals surface area contributed by atoms with E-state index < -0.39 is 0 Å². The molecular weight excluding hydrogens is 212 g/mol. The fraction of sp³-hybridized carbons (Fsp3) is 0.786. The zero-order chi connectivity index (χ0) is 12.1. The van der Waals surface area contributed by atoms with Gasteiger partial charge in [0.25, 0.3) is 0 Å². The molecular formula is C14H24N2O. The molecule has 0 aromatic carbocycles. The van der Waals surface area contributed by atoms with E-state index in [0.717, 1.165) is 31.6 Å². The average molecular weight is 236 g/mol. The van der Waals surface area contributed by atoms with Crippen LogP contribution in [0.15, 0.2) is 12.4 Å². The highest BCUT2D eigenvalue weighted by atomic mass is 16.3. The summed E-state index contributed by atoms with van der Waals surface area (Å²) in [5.74, 6) is 1.30. The highest BCUT2D eigenvalue weighted by Gasteiger charge is 2.25. The number of aromatic nitrogens is 2. The number of imidazole rings is 1. The van der Waals surface area contributed by atoms with Crippen molar-refractivity contribution in [1.82, 2.24) is 9.55 Å². The van der Waals surface area contributed by atoms with Gasteiger partial charge in [-0.25, -0.2) is 4.98 Å². The molecule has 2 rings (SSSR count). The van der Waals surface area contributed by atoms with Crippen LogP contribution in [0, 0.1) is 5.92 Å². The van der Waals surface area contributed by atoms with Crippen LogP contribution in [0.2, 0.25) is 0 Å². The molecule has 17 heavy (non-hydrogen) atoms. The van der Waals surface area contributed by atoms with Gasteiger partial charge in [-0.3, -0.25) is 0 Å². The first-order valence-electron chi connectivity index (χ1n) is 7.02. The van der Waals surface area contributed by atoms with Gasteiger partial charge in [-0.2, -0.15) is 0 Å². The van der Waals surface area contributed by atoms with E-state index in [1.807, 2.05) is 12.4 Å². The summed E-state index contributed by atoms with van der Waals surface area (Å²) in [6, 6.07) is 0. The first kappa shape index (κ1) is 12.6. The quantitative estimate of drug-likeness (QED) is 0.851. The van der Waals surface area contributed by atoms with Gasteiger partial charge >= 0.3 is 0 Å². The van der Waals surface area contributed by atoms with Crippen LogP contribution in [0.25, 0.3) is 0 Å². The average Bonchev–Trinajstić information content (AvgIpc) is 2.84. The van der Waals surface area contributed by atoms with E-state index in [-0.39, 0.29) is 6.10 Å². The van der Waals surface area contributed by atoms with Gasteiger partial charge in [0.05, 0.1) is 0 Å². The number of aliphatic hydroxyl groups excluding tert-OH is 1. The van der Waals surface area contributed by atoms with Crippen LogP contribution in [-0.4, -0.2) is 14.7 Å². The van der Waals surface area contributed by atoms with Crippen LogP contribution in [0.3, 0.4) is 0 Å². The van der Waals surface area contributed by atoms with Crippen molar-refractivity contribution in [3.05, 3.63) is 18.2 Å². The summed E-state index contributed by atoms with van der Waals surface area (Å²) in [5, 5.41) is 10.4. The molecule has 1 aromatic rings. The van der Waals surface area contributed by atoms with Crippen LogP contribution in [0.4, 0.5) is 0 Å². The van der Waals surface area contributed by atoms with Crippen molar-refractivity contribution in [2.45, 2.75) is 64.5 Å². The molecule has 1 N–H and O–H groups in total. The third-order valence-electron chi connectivity index (χ3n) is 3.86. The van der Waals surface area contributed by atoms with Gasteiger partial charge in [-0.15, -0.1) is 0 Å². The largest absolute Gasteiger partial charge is 0.385 e. The van der Waals surface area contributed by atoms with Crippen LogP contribution >= 0.6 is 0 Å². The molecule has 1 aromatic heterocycles. The monoisotopic (exact) mass is 236 g/mol. The zero-order valence-electron chi connectivity index (χ0n) is 10.8. The molecule has 0 spiro atoms. The third-order valence-corrected chi connectivity index (χ3v) is 3.86. The Labute approximate surface area is 104 Å². The normalized spacial score (nSPS) is 19.4. The fourth-order valence-electron chi connectivity index (χ4n) is 2.77. The van der Waals surface area contributed by atoms with Gasteiger partial charge in [0.1, 0.15) is 11.9 Å². The van der Waals surface area contributed by atoms with E-state index in [1.165, 1.54) is 25.7 Å². The van der Waals surface area contributed by atoms with E-state index >= 15 is 0 Å². The van der Waals surface area contributed by atoms with Crippen molar-refractivity contribution in [2.24, 2.45) is 5.92 Å². The maximum atomic E-state index is 10.4. The molecule has 3 heteroatoms. The molecule has 0 amide bonds. The lowest BCUT2D eigenvalue weighted by molar-refractivity contribution is 0.0738. The van der Waals surface area contributed by atoms with Crippen molar-refractivity contribution >= 4 is 0 Å². The molecule has 0 saturated heterocycles. The number of aliphatic hydroxyl groups is 1. The van der Waals surface area contributed by atoms with Crippen LogP contribution in [0.5, 0.6) is 0 Å². The highest BCUT2D eigenvalue weighted by molar-refractivity contribution is 4.99. The standard InChI is InChI=1S/C14H24N2O/c1-2-3-10-16-11-9-15-14(16)13(17)12-7-5-4-6-8-12/h9,11-13,17H,2-8,10H2,1H3.